The molecule has 0 aliphatic carbocycles. The highest BCUT2D eigenvalue weighted by molar-refractivity contribution is 5.35. The highest BCUT2D eigenvalue weighted by Gasteiger charge is 2.37. The number of hydrogen-bond donors (Lipinski definition) is 0. The van der Waals surface area contributed by atoms with Crippen molar-refractivity contribution in [2.24, 2.45) is 11.8 Å². The monoisotopic (exact) mass is 296 g/mol. The molecule has 21 heavy (non-hydrogen) atoms. The minimum atomic E-state index is -4.43. The van der Waals surface area contributed by atoms with Gasteiger partial charge in [-0.2, -0.15) is 18.4 Å². The number of halogens is 3. The molecule has 1 heterocycles. The number of nitriles is 1. The summed E-state index contributed by atoms with van der Waals surface area (Å²) in [6.07, 6.45) is -3.38. The normalized spacial score (nSPS) is 25.3. The van der Waals surface area contributed by atoms with Gasteiger partial charge in [0, 0.05) is 13.1 Å². The topological polar surface area (TPSA) is 27.0 Å². The zero-order chi connectivity index (χ0) is 15.6. The highest BCUT2D eigenvalue weighted by atomic mass is 19.4. The maximum absolute atomic E-state index is 13.1. The second-order valence-electron chi connectivity index (χ2n) is 6.02. The van der Waals surface area contributed by atoms with Crippen LogP contribution in [0.4, 0.5) is 13.2 Å². The summed E-state index contributed by atoms with van der Waals surface area (Å²) >= 11 is 0. The van der Waals surface area contributed by atoms with Gasteiger partial charge < -0.3 is 0 Å². The molecule has 3 unspecified atom stereocenters. The van der Waals surface area contributed by atoms with Crippen LogP contribution in [-0.4, -0.2) is 18.0 Å². The third-order valence-electron chi connectivity index (χ3n) is 3.95. The lowest BCUT2D eigenvalue weighted by atomic mass is 9.89. The first-order chi connectivity index (χ1) is 9.82. The van der Waals surface area contributed by atoms with Crippen LogP contribution in [0.2, 0.25) is 0 Å². The highest BCUT2D eigenvalue weighted by Crippen LogP contribution is 2.37. The van der Waals surface area contributed by atoms with Crippen molar-refractivity contribution in [2.75, 3.05) is 13.1 Å². The van der Waals surface area contributed by atoms with E-state index in [-0.39, 0.29) is 5.56 Å². The predicted octanol–water partition coefficient (Wildman–Crippen LogP) is 4.25. The molecule has 3 atom stereocenters. The molecular weight excluding hydrogens is 277 g/mol. The predicted molar refractivity (Wildman–Crippen MR) is 74.3 cm³/mol. The Labute approximate surface area is 123 Å². The Morgan fingerprint density at radius 3 is 2.29 bits per heavy atom. The minimum absolute atomic E-state index is 0.0637. The molecule has 114 valence electrons. The van der Waals surface area contributed by atoms with Crippen LogP contribution in [0.15, 0.2) is 24.3 Å². The molecule has 1 aromatic carbocycles. The number of alkyl halides is 3. The van der Waals surface area contributed by atoms with E-state index in [2.05, 4.69) is 19.9 Å². The maximum atomic E-state index is 13.1. The lowest BCUT2D eigenvalue weighted by molar-refractivity contribution is -0.138. The van der Waals surface area contributed by atoms with Crippen molar-refractivity contribution in [1.82, 2.24) is 4.90 Å². The van der Waals surface area contributed by atoms with Gasteiger partial charge in [-0.15, -0.1) is 0 Å². The first kappa shape index (κ1) is 15.8. The van der Waals surface area contributed by atoms with Gasteiger partial charge in [0.2, 0.25) is 0 Å². The number of piperidine rings is 1. The molecule has 1 saturated heterocycles. The summed E-state index contributed by atoms with van der Waals surface area (Å²) in [5.74, 6) is 0.783. The standard InChI is InChI=1S/C16H19F3N2/c1-11-7-12(2)10-21(9-11)15(8-20)13-5-3-4-6-14(13)16(17,18)19/h3-6,11-12,15H,7,9-10H2,1-2H3. The molecule has 1 aliphatic heterocycles. The van der Waals surface area contributed by atoms with E-state index in [1.54, 1.807) is 6.07 Å². The van der Waals surface area contributed by atoms with Gasteiger partial charge >= 0.3 is 6.18 Å². The summed E-state index contributed by atoms with van der Waals surface area (Å²) < 4.78 is 39.4. The number of rotatable bonds is 2. The summed E-state index contributed by atoms with van der Waals surface area (Å²) in [6.45, 7) is 5.48. The fraction of sp³-hybridized carbons (Fsp3) is 0.562. The maximum Gasteiger partial charge on any atom is 0.416 e. The molecule has 1 aromatic rings. The van der Waals surface area contributed by atoms with E-state index >= 15 is 0 Å². The van der Waals surface area contributed by atoms with Crippen LogP contribution < -0.4 is 0 Å². The first-order valence-corrected chi connectivity index (χ1v) is 7.12. The number of likely N-dealkylation sites (tertiary alicyclic amines) is 1. The zero-order valence-corrected chi connectivity index (χ0v) is 12.2. The number of benzene rings is 1. The second kappa shape index (κ2) is 6.07. The third kappa shape index (κ3) is 3.56. The van der Waals surface area contributed by atoms with E-state index in [0.29, 0.717) is 24.9 Å². The minimum Gasteiger partial charge on any atom is -0.284 e. The number of nitrogens with zero attached hydrogens (tertiary/aromatic N) is 2. The fourth-order valence-corrected chi connectivity index (χ4v) is 3.26. The van der Waals surface area contributed by atoms with Crippen LogP contribution in [-0.2, 0) is 6.18 Å². The van der Waals surface area contributed by atoms with Crippen molar-refractivity contribution in [2.45, 2.75) is 32.5 Å². The van der Waals surface area contributed by atoms with Gasteiger partial charge in [0.25, 0.3) is 0 Å². The second-order valence-corrected chi connectivity index (χ2v) is 6.02. The van der Waals surface area contributed by atoms with E-state index in [1.165, 1.54) is 12.1 Å². The first-order valence-electron chi connectivity index (χ1n) is 7.12. The molecule has 0 N–H and O–H groups in total. The van der Waals surface area contributed by atoms with Crippen molar-refractivity contribution < 1.29 is 13.2 Å². The Balaban J connectivity index is 2.37. The summed E-state index contributed by atoms with van der Waals surface area (Å²) in [5, 5.41) is 9.44. The van der Waals surface area contributed by atoms with Crippen LogP contribution in [0.5, 0.6) is 0 Å². The molecule has 0 radical (unpaired) electrons. The molecule has 2 rings (SSSR count). The molecule has 0 aromatic heterocycles. The average Bonchev–Trinajstić information content (AvgIpc) is 2.38. The molecule has 2 nitrogen and oxygen atoms in total. The molecule has 0 amide bonds. The van der Waals surface area contributed by atoms with Crippen molar-refractivity contribution in [3.8, 4) is 6.07 Å². The molecule has 0 saturated carbocycles. The third-order valence-corrected chi connectivity index (χ3v) is 3.95. The SMILES string of the molecule is CC1CC(C)CN(C(C#N)c2ccccc2C(F)(F)F)C1. The molecule has 1 aliphatic rings. The lowest BCUT2D eigenvalue weighted by Crippen LogP contribution is -2.41. The molecule has 0 spiro atoms. The van der Waals surface area contributed by atoms with E-state index in [9.17, 15) is 18.4 Å². The Kier molecular flexibility index (Phi) is 4.58. The van der Waals surface area contributed by atoms with E-state index in [1.807, 2.05) is 4.90 Å². The Hall–Kier alpha value is -1.54. The zero-order valence-electron chi connectivity index (χ0n) is 12.2. The summed E-state index contributed by atoms with van der Waals surface area (Å²) in [7, 11) is 0. The fourth-order valence-electron chi connectivity index (χ4n) is 3.26. The largest absolute Gasteiger partial charge is 0.416 e. The molecule has 0 bridgehead atoms. The van der Waals surface area contributed by atoms with Crippen molar-refractivity contribution >= 4 is 0 Å². The number of hydrogen-bond acceptors (Lipinski definition) is 2. The molecular formula is C16H19F3N2. The van der Waals surface area contributed by atoms with Gasteiger partial charge in [0.1, 0.15) is 6.04 Å². The smallest absolute Gasteiger partial charge is 0.284 e. The molecule has 5 heteroatoms. The van der Waals surface area contributed by atoms with Crippen LogP contribution in [0.1, 0.15) is 37.4 Å². The van der Waals surface area contributed by atoms with Crippen LogP contribution in [0.3, 0.4) is 0 Å². The quantitative estimate of drug-likeness (QED) is 0.816. The Bertz CT molecular complexity index is 523. The van der Waals surface area contributed by atoms with Crippen molar-refractivity contribution in [1.29, 1.82) is 5.26 Å². The Morgan fingerprint density at radius 2 is 1.76 bits per heavy atom. The average molecular weight is 296 g/mol. The van der Waals surface area contributed by atoms with Crippen molar-refractivity contribution in [3.63, 3.8) is 0 Å². The van der Waals surface area contributed by atoms with E-state index in [0.717, 1.165) is 12.5 Å². The Morgan fingerprint density at radius 1 is 1.19 bits per heavy atom. The summed E-state index contributed by atoms with van der Waals surface area (Å²) in [5.41, 5.74) is -0.642. The lowest BCUT2D eigenvalue weighted by Gasteiger charge is -2.38. The van der Waals surface area contributed by atoms with Crippen LogP contribution in [0.25, 0.3) is 0 Å². The van der Waals surface area contributed by atoms with Crippen LogP contribution >= 0.6 is 0 Å². The van der Waals surface area contributed by atoms with Gasteiger partial charge in [-0.25, -0.2) is 0 Å². The summed E-state index contributed by atoms with van der Waals surface area (Å²) in [4.78, 5) is 1.88. The van der Waals surface area contributed by atoms with Gasteiger partial charge in [-0.05, 0) is 29.9 Å². The van der Waals surface area contributed by atoms with Crippen LogP contribution in [0, 0.1) is 23.2 Å². The van der Waals surface area contributed by atoms with Gasteiger partial charge in [-0.1, -0.05) is 32.0 Å². The van der Waals surface area contributed by atoms with E-state index < -0.39 is 17.8 Å². The van der Waals surface area contributed by atoms with Gasteiger partial charge in [-0.3, -0.25) is 4.90 Å². The van der Waals surface area contributed by atoms with E-state index in [4.69, 9.17) is 0 Å². The van der Waals surface area contributed by atoms with Gasteiger partial charge in [0.15, 0.2) is 0 Å². The molecule has 1 fully saturated rings. The summed E-state index contributed by atoms with van der Waals surface area (Å²) in [6, 6.07) is 6.62. The van der Waals surface area contributed by atoms with Gasteiger partial charge in [0.05, 0.1) is 11.6 Å². The van der Waals surface area contributed by atoms with Crippen molar-refractivity contribution in [3.05, 3.63) is 35.4 Å².